The maximum atomic E-state index is 12.1. The molecule has 1 amide bonds. The molecule has 0 atom stereocenters. The van der Waals surface area contributed by atoms with E-state index < -0.39 is 5.54 Å². The topological polar surface area (TPSA) is 53.4 Å². The van der Waals surface area contributed by atoms with Crippen molar-refractivity contribution in [2.75, 3.05) is 13.7 Å². The summed E-state index contributed by atoms with van der Waals surface area (Å²) in [5.41, 5.74) is -0.0854. The highest BCUT2D eigenvalue weighted by Crippen LogP contribution is 2.17. The molecule has 0 aliphatic carbocycles. The highest BCUT2D eigenvalue weighted by Gasteiger charge is 2.27. The second kappa shape index (κ2) is 4.93. The number of likely N-dealkylation sites (N-methyl/N-ethyl adjacent to an activating group) is 1. The minimum Gasteiger partial charge on any atom is -0.394 e. The van der Waals surface area contributed by atoms with Crippen LogP contribution in [0.1, 0.15) is 24.2 Å². The molecule has 0 aliphatic rings. The third kappa shape index (κ3) is 2.80. The monoisotopic (exact) mass is 286 g/mol. The maximum absolute atomic E-state index is 12.1. The molecule has 1 N–H and O–H groups in total. The van der Waals surface area contributed by atoms with E-state index in [1.807, 2.05) is 0 Å². The molecule has 0 aromatic carbocycles. The number of aromatic nitrogens is 1. The van der Waals surface area contributed by atoms with Gasteiger partial charge in [-0.3, -0.25) is 9.78 Å². The van der Waals surface area contributed by atoms with Crippen molar-refractivity contribution in [3.8, 4) is 0 Å². The Balaban J connectivity index is 2.95. The average Bonchev–Trinajstić information content (AvgIpc) is 2.27. The summed E-state index contributed by atoms with van der Waals surface area (Å²) in [6, 6.07) is 1.71. The Labute approximate surface area is 103 Å². The molecular weight excluding hydrogens is 272 g/mol. The number of aliphatic hydroxyl groups excluding tert-OH is 1. The van der Waals surface area contributed by atoms with Crippen LogP contribution in [0.5, 0.6) is 0 Å². The van der Waals surface area contributed by atoms with Gasteiger partial charge in [-0.05, 0) is 35.8 Å². The zero-order chi connectivity index (χ0) is 12.3. The van der Waals surface area contributed by atoms with E-state index >= 15 is 0 Å². The first-order chi connectivity index (χ1) is 7.38. The van der Waals surface area contributed by atoms with Gasteiger partial charge in [-0.25, -0.2) is 0 Å². The van der Waals surface area contributed by atoms with E-state index in [2.05, 4.69) is 20.9 Å². The lowest BCUT2D eigenvalue weighted by molar-refractivity contribution is 0.0473. The van der Waals surface area contributed by atoms with E-state index in [0.29, 0.717) is 5.56 Å². The van der Waals surface area contributed by atoms with Crippen molar-refractivity contribution in [2.45, 2.75) is 19.4 Å². The van der Waals surface area contributed by atoms with Crippen LogP contribution in [0.4, 0.5) is 0 Å². The molecule has 1 rings (SSSR count). The molecule has 1 aromatic rings. The van der Waals surface area contributed by atoms with Crippen LogP contribution in [0.3, 0.4) is 0 Å². The van der Waals surface area contributed by atoms with E-state index in [1.54, 1.807) is 33.2 Å². The minimum absolute atomic E-state index is 0.0866. The van der Waals surface area contributed by atoms with Gasteiger partial charge in [-0.2, -0.15) is 0 Å². The Bertz CT molecular complexity index is 393. The molecule has 0 fully saturated rings. The van der Waals surface area contributed by atoms with Gasteiger partial charge in [-0.1, -0.05) is 0 Å². The summed E-state index contributed by atoms with van der Waals surface area (Å²) < 4.78 is 0.758. The molecule has 0 saturated carbocycles. The van der Waals surface area contributed by atoms with Gasteiger partial charge in [-0.15, -0.1) is 0 Å². The first kappa shape index (κ1) is 13.1. The van der Waals surface area contributed by atoms with Gasteiger partial charge in [0.05, 0.1) is 17.7 Å². The van der Waals surface area contributed by atoms with E-state index in [1.165, 1.54) is 11.1 Å². The summed E-state index contributed by atoms with van der Waals surface area (Å²) in [7, 11) is 1.67. The molecule has 0 bridgehead atoms. The van der Waals surface area contributed by atoms with Crippen LogP contribution in [-0.4, -0.2) is 40.1 Å². The summed E-state index contributed by atoms with van der Waals surface area (Å²) in [4.78, 5) is 17.5. The number of aliphatic hydroxyl groups is 1. The molecular formula is C11H15BrN2O2. The predicted octanol–water partition coefficient (Wildman–Crippen LogP) is 1.69. The lowest BCUT2D eigenvalue weighted by Gasteiger charge is -2.33. The summed E-state index contributed by atoms with van der Waals surface area (Å²) >= 11 is 3.26. The third-order valence-electron chi connectivity index (χ3n) is 2.55. The van der Waals surface area contributed by atoms with E-state index in [4.69, 9.17) is 0 Å². The van der Waals surface area contributed by atoms with Crippen LogP contribution in [0, 0.1) is 0 Å². The predicted molar refractivity (Wildman–Crippen MR) is 65.2 cm³/mol. The number of nitrogens with zero attached hydrogens (tertiary/aromatic N) is 2. The molecule has 5 heteroatoms. The maximum Gasteiger partial charge on any atom is 0.255 e. The highest BCUT2D eigenvalue weighted by atomic mass is 79.9. The van der Waals surface area contributed by atoms with E-state index in [-0.39, 0.29) is 12.5 Å². The number of rotatable bonds is 3. The van der Waals surface area contributed by atoms with Crippen molar-refractivity contribution in [2.24, 2.45) is 0 Å². The van der Waals surface area contributed by atoms with Gasteiger partial charge in [0.25, 0.3) is 5.91 Å². The summed E-state index contributed by atoms with van der Waals surface area (Å²) in [6.45, 7) is 3.52. The van der Waals surface area contributed by atoms with Crippen LogP contribution < -0.4 is 0 Å². The number of hydrogen-bond acceptors (Lipinski definition) is 3. The Hall–Kier alpha value is -0.940. The molecule has 88 valence electrons. The van der Waals surface area contributed by atoms with Crippen LogP contribution in [0.2, 0.25) is 0 Å². The van der Waals surface area contributed by atoms with E-state index in [9.17, 15) is 9.90 Å². The summed E-state index contributed by atoms with van der Waals surface area (Å²) in [5.74, 6) is -0.159. The zero-order valence-corrected chi connectivity index (χ0v) is 11.2. The lowest BCUT2D eigenvalue weighted by Crippen LogP contribution is -2.47. The first-order valence-electron chi connectivity index (χ1n) is 4.88. The van der Waals surface area contributed by atoms with E-state index in [0.717, 1.165) is 4.47 Å². The molecule has 0 aliphatic heterocycles. The van der Waals surface area contributed by atoms with Crippen molar-refractivity contribution in [1.29, 1.82) is 0 Å². The second-order valence-corrected chi connectivity index (χ2v) is 5.14. The average molecular weight is 287 g/mol. The van der Waals surface area contributed by atoms with Crippen LogP contribution in [0.25, 0.3) is 0 Å². The standard InChI is InChI=1S/C11H15BrN2O2/c1-11(2,7-15)14(3)10(16)8-4-9(12)6-13-5-8/h4-6,15H,7H2,1-3H3. The molecule has 4 nitrogen and oxygen atoms in total. The van der Waals surface area contributed by atoms with Gasteiger partial charge >= 0.3 is 0 Å². The molecule has 1 aromatic heterocycles. The fraction of sp³-hybridized carbons (Fsp3) is 0.455. The zero-order valence-electron chi connectivity index (χ0n) is 9.57. The molecule has 1 heterocycles. The lowest BCUT2D eigenvalue weighted by atomic mass is 10.0. The van der Waals surface area contributed by atoms with Gasteiger partial charge in [0.2, 0.25) is 0 Å². The van der Waals surface area contributed by atoms with Crippen molar-refractivity contribution >= 4 is 21.8 Å². The second-order valence-electron chi connectivity index (χ2n) is 4.23. The Morgan fingerprint density at radius 3 is 2.69 bits per heavy atom. The largest absolute Gasteiger partial charge is 0.394 e. The number of carbonyl (C=O) groups is 1. The Morgan fingerprint density at radius 2 is 2.19 bits per heavy atom. The normalized spacial score (nSPS) is 11.3. The number of hydrogen-bond donors (Lipinski definition) is 1. The molecule has 16 heavy (non-hydrogen) atoms. The molecule has 0 spiro atoms. The molecule has 0 saturated heterocycles. The van der Waals surface area contributed by atoms with Gasteiger partial charge in [0.1, 0.15) is 0 Å². The Morgan fingerprint density at radius 1 is 1.56 bits per heavy atom. The number of amides is 1. The minimum atomic E-state index is -0.584. The Kier molecular flexibility index (Phi) is 4.04. The SMILES string of the molecule is CN(C(=O)c1cncc(Br)c1)C(C)(C)CO. The highest BCUT2D eigenvalue weighted by molar-refractivity contribution is 9.10. The fourth-order valence-corrected chi connectivity index (χ4v) is 1.47. The van der Waals surface area contributed by atoms with Gasteiger partial charge in [0, 0.05) is 23.9 Å². The van der Waals surface area contributed by atoms with Crippen LogP contribution in [0.15, 0.2) is 22.9 Å². The fourth-order valence-electron chi connectivity index (χ4n) is 1.10. The van der Waals surface area contributed by atoms with Crippen LogP contribution in [-0.2, 0) is 0 Å². The van der Waals surface area contributed by atoms with Crippen molar-refractivity contribution < 1.29 is 9.90 Å². The summed E-state index contributed by atoms with van der Waals surface area (Å²) in [6.07, 6.45) is 3.13. The quantitative estimate of drug-likeness (QED) is 0.920. The smallest absolute Gasteiger partial charge is 0.255 e. The number of carbonyl (C=O) groups excluding carboxylic acids is 1. The molecule has 0 unspecified atom stereocenters. The van der Waals surface area contributed by atoms with Crippen molar-refractivity contribution in [1.82, 2.24) is 9.88 Å². The van der Waals surface area contributed by atoms with Crippen LogP contribution >= 0.6 is 15.9 Å². The number of halogens is 1. The van der Waals surface area contributed by atoms with Crippen molar-refractivity contribution in [3.63, 3.8) is 0 Å². The summed E-state index contributed by atoms with van der Waals surface area (Å²) in [5, 5.41) is 9.20. The first-order valence-corrected chi connectivity index (χ1v) is 5.67. The number of pyridine rings is 1. The third-order valence-corrected chi connectivity index (χ3v) is 2.99. The van der Waals surface area contributed by atoms with Gasteiger partial charge in [0.15, 0.2) is 0 Å². The van der Waals surface area contributed by atoms with Crippen molar-refractivity contribution in [3.05, 3.63) is 28.5 Å². The van der Waals surface area contributed by atoms with Gasteiger partial charge < -0.3 is 10.0 Å². The molecule has 0 radical (unpaired) electrons.